The summed E-state index contributed by atoms with van der Waals surface area (Å²) in [7, 11) is 0. The highest BCUT2D eigenvalue weighted by molar-refractivity contribution is 5.88. The molecule has 37 heavy (non-hydrogen) atoms. The van der Waals surface area contributed by atoms with Gasteiger partial charge >= 0.3 is 0 Å². The molecule has 0 saturated carbocycles. The van der Waals surface area contributed by atoms with Crippen LogP contribution in [0.1, 0.15) is 31.9 Å². The van der Waals surface area contributed by atoms with E-state index in [9.17, 15) is 4.91 Å². The number of H-pyrrole nitrogens is 1. The molecule has 0 amide bonds. The first-order valence-electron chi connectivity index (χ1n) is 12.3. The number of hydrogen-bond donors (Lipinski definition) is 1. The second-order valence-electron chi connectivity index (χ2n) is 10.3. The van der Waals surface area contributed by atoms with Crippen LogP contribution in [0.3, 0.4) is 0 Å². The van der Waals surface area contributed by atoms with Gasteiger partial charge in [-0.3, -0.25) is 4.90 Å². The highest BCUT2D eigenvalue weighted by atomic mass is 16.3. The molecule has 0 radical (unpaired) electrons. The molecule has 4 aromatic rings. The van der Waals surface area contributed by atoms with Crippen LogP contribution in [0.25, 0.3) is 32.9 Å². The molecule has 1 saturated heterocycles. The number of aromatic nitrogens is 3. The third-order valence-corrected chi connectivity index (χ3v) is 6.78. The molecule has 5 rings (SSSR count). The lowest BCUT2D eigenvalue weighted by Crippen LogP contribution is -2.46. The maximum absolute atomic E-state index is 11.1. The second kappa shape index (κ2) is 10.0. The molecule has 1 N–H and O–H groups in total. The van der Waals surface area contributed by atoms with Crippen LogP contribution >= 0.6 is 0 Å². The third kappa shape index (κ3) is 5.16. The summed E-state index contributed by atoms with van der Waals surface area (Å²) in [5.41, 5.74) is 14.3. The smallest absolute Gasteiger partial charge is 0.154 e. The van der Waals surface area contributed by atoms with Crippen LogP contribution in [0.4, 0.5) is 17.2 Å². The van der Waals surface area contributed by atoms with Crippen molar-refractivity contribution < 1.29 is 0 Å². The molecule has 0 unspecified atom stereocenters. The normalized spacial score (nSPS) is 14.5. The van der Waals surface area contributed by atoms with Gasteiger partial charge in [-0.05, 0) is 39.4 Å². The summed E-state index contributed by atoms with van der Waals surface area (Å²) in [5, 5.41) is 6.52. The molecule has 0 bridgehead atoms. The molecule has 2 aromatic carbocycles. The van der Waals surface area contributed by atoms with Crippen molar-refractivity contribution in [3.05, 3.63) is 81.2 Å². The lowest BCUT2D eigenvalue weighted by molar-refractivity contribution is 0.249. The SMILES string of the molecule is CC(C)(C)c1ccc(-c2nc3ccnc(N4CCN(Cc5ccc(N=[N+]=[N-])c(N=O)c5)CC4)c3[nH]2)cc1. The Labute approximate surface area is 215 Å². The van der Waals surface area contributed by atoms with E-state index in [1.807, 2.05) is 18.3 Å². The molecule has 188 valence electrons. The first-order chi connectivity index (χ1) is 17.9. The average Bonchev–Trinajstić information content (AvgIpc) is 3.34. The van der Waals surface area contributed by atoms with Crippen LogP contribution in [-0.4, -0.2) is 46.0 Å². The van der Waals surface area contributed by atoms with E-state index in [-0.39, 0.29) is 16.8 Å². The van der Waals surface area contributed by atoms with Gasteiger partial charge in [-0.2, -0.15) is 0 Å². The van der Waals surface area contributed by atoms with E-state index in [0.29, 0.717) is 6.54 Å². The molecule has 0 aliphatic carbocycles. The fraction of sp³-hybridized carbons (Fsp3) is 0.333. The van der Waals surface area contributed by atoms with Crippen molar-refractivity contribution in [1.82, 2.24) is 19.9 Å². The van der Waals surface area contributed by atoms with Gasteiger partial charge in [0.2, 0.25) is 0 Å². The van der Waals surface area contributed by atoms with Gasteiger partial charge in [-0.1, -0.05) is 62.3 Å². The van der Waals surface area contributed by atoms with E-state index in [4.69, 9.17) is 15.5 Å². The number of anilines is 1. The Morgan fingerprint density at radius 1 is 1.03 bits per heavy atom. The Hall–Kier alpha value is -4.27. The molecule has 10 nitrogen and oxygen atoms in total. The van der Waals surface area contributed by atoms with Gasteiger partial charge in [0.1, 0.15) is 17.0 Å². The van der Waals surface area contributed by atoms with E-state index >= 15 is 0 Å². The minimum absolute atomic E-state index is 0.106. The lowest BCUT2D eigenvalue weighted by Gasteiger charge is -2.35. The second-order valence-corrected chi connectivity index (χ2v) is 10.3. The number of nitroso groups, excluding NO2 is 1. The number of piperazine rings is 1. The summed E-state index contributed by atoms with van der Waals surface area (Å²) in [6.45, 7) is 10.6. The van der Waals surface area contributed by atoms with Crippen molar-refractivity contribution in [2.45, 2.75) is 32.7 Å². The molecule has 2 aromatic heterocycles. The number of aromatic amines is 1. The standard InChI is InChI=1S/C27H29N9O/c1-27(2,3)20-7-5-19(6-8-20)25-30-22-10-11-29-26(24(22)31-25)36-14-12-35(13-15-36)17-18-4-9-21(32-34-28)23(16-18)33-37/h4-11,16H,12-15,17H2,1-3H3,(H,30,31). The number of benzene rings is 2. The summed E-state index contributed by atoms with van der Waals surface area (Å²) >= 11 is 0. The van der Waals surface area contributed by atoms with Crippen molar-refractivity contribution >= 4 is 28.2 Å². The number of imidazole rings is 1. The summed E-state index contributed by atoms with van der Waals surface area (Å²) in [6.07, 6.45) is 1.82. The molecule has 3 heterocycles. The van der Waals surface area contributed by atoms with E-state index in [0.717, 1.165) is 60.0 Å². The summed E-state index contributed by atoms with van der Waals surface area (Å²) in [4.78, 5) is 31.5. The molecule has 10 heteroatoms. The van der Waals surface area contributed by atoms with E-state index in [1.165, 1.54) is 5.56 Å². The predicted octanol–water partition coefficient (Wildman–Crippen LogP) is 6.58. The van der Waals surface area contributed by atoms with Gasteiger partial charge < -0.3 is 9.88 Å². The van der Waals surface area contributed by atoms with Crippen LogP contribution in [0.5, 0.6) is 0 Å². The maximum atomic E-state index is 11.1. The van der Waals surface area contributed by atoms with Crippen molar-refractivity contribution in [2.75, 3.05) is 31.1 Å². The van der Waals surface area contributed by atoms with Crippen molar-refractivity contribution in [3.63, 3.8) is 0 Å². The number of rotatable bonds is 6. The number of nitrogens with one attached hydrogen (secondary N) is 1. The van der Waals surface area contributed by atoms with Gasteiger partial charge in [0.15, 0.2) is 5.82 Å². The number of pyridine rings is 1. The van der Waals surface area contributed by atoms with Gasteiger partial charge in [0.05, 0.1) is 11.2 Å². The fourth-order valence-electron chi connectivity index (χ4n) is 4.67. The van der Waals surface area contributed by atoms with Crippen molar-refractivity contribution in [2.24, 2.45) is 10.3 Å². The molecule has 1 aliphatic rings. The Morgan fingerprint density at radius 3 is 2.46 bits per heavy atom. The predicted molar refractivity (Wildman–Crippen MR) is 146 cm³/mol. The van der Waals surface area contributed by atoms with Crippen LogP contribution < -0.4 is 4.90 Å². The van der Waals surface area contributed by atoms with Crippen molar-refractivity contribution in [1.29, 1.82) is 0 Å². The van der Waals surface area contributed by atoms with Crippen LogP contribution in [-0.2, 0) is 12.0 Å². The van der Waals surface area contributed by atoms with Crippen molar-refractivity contribution in [3.8, 4) is 11.4 Å². The number of fused-ring (bicyclic) bond motifs is 1. The summed E-state index contributed by atoms with van der Waals surface area (Å²) in [6, 6.07) is 15.7. The molecular formula is C27H29N9O. The zero-order valence-electron chi connectivity index (χ0n) is 21.2. The summed E-state index contributed by atoms with van der Waals surface area (Å²) in [5.74, 6) is 1.75. The average molecular weight is 496 g/mol. The first-order valence-corrected chi connectivity index (χ1v) is 12.3. The van der Waals surface area contributed by atoms with Gasteiger partial charge in [-0.25, -0.2) is 9.97 Å². The van der Waals surface area contributed by atoms with Crippen LogP contribution in [0.15, 0.2) is 65.0 Å². The highest BCUT2D eigenvalue weighted by Gasteiger charge is 2.22. The lowest BCUT2D eigenvalue weighted by atomic mass is 9.87. The number of azide groups is 1. The molecule has 1 aliphatic heterocycles. The highest BCUT2D eigenvalue weighted by Crippen LogP contribution is 2.31. The number of hydrogen-bond acceptors (Lipinski definition) is 7. The van der Waals surface area contributed by atoms with Crippen LogP contribution in [0.2, 0.25) is 0 Å². The summed E-state index contributed by atoms with van der Waals surface area (Å²) < 4.78 is 0. The van der Waals surface area contributed by atoms with E-state index in [1.54, 1.807) is 12.1 Å². The Kier molecular flexibility index (Phi) is 6.60. The monoisotopic (exact) mass is 495 g/mol. The van der Waals surface area contributed by atoms with Gasteiger partial charge in [0, 0.05) is 49.4 Å². The molecular weight excluding hydrogens is 466 g/mol. The Bertz CT molecular complexity index is 1470. The Balaban J connectivity index is 1.30. The van der Waals surface area contributed by atoms with E-state index in [2.05, 4.69) is 75.0 Å². The zero-order valence-corrected chi connectivity index (χ0v) is 21.2. The van der Waals surface area contributed by atoms with Crippen LogP contribution in [0, 0.1) is 4.91 Å². The van der Waals surface area contributed by atoms with Gasteiger partial charge in [0.25, 0.3) is 0 Å². The maximum Gasteiger partial charge on any atom is 0.154 e. The Morgan fingerprint density at radius 2 is 1.78 bits per heavy atom. The minimum Gasteiger partial charge on any atom is -0.352 e. The zero-order chi connectivity index (χ0) is 26.0. The first kappa shape index (κ1) is 24.4. The topological polar surface area (TPSA) is 126 Å². The largest absolute Gasteiger partial charge is 0.352 e. The molecule has 1 fully saturated rings. The number of nitrogens with zero attached hydrogens (tertiary/aromatic N) is 8. The quantitative estimate of drug-likeness (QED) is 0.140. The fourth-order valence-corrected chi connectivity index (χ4v) is 4.67. The minimum atomic E-state index is 0.106. The van der Waals surface area contributed by atoms with Gasteiger partial charge in [-0.15, -0.1) is 4.91 Å². The van der Waals surface area contributed by atoms with E-state index < -0.39 is 0 Å². The third-order valence-electron chi connectivity index (χ3n) is 6.78. The molecule has 0 atom stereocenters. The molecule has 0 spiro atoms.